The molecule has 3 rings (SSSR count). The first kappa shape index (κ1) is 26.4. The zero-order valence-electron chi connectivity index (χ0n) is 21.3. The number of ketones is 1. The molecule has 1 heterocycles. The van der Waals surface area contributed by atoms with Gasteiger partial charge in [0.25, 0.3) is 11.8 Å². The Morgan fingerprint density at radius 1 is 0.971 bits per heavy atom. The smallest absolute Gasteiger partial charge is 0.289 e. The SMILES string of the molecule is CC(C)[C@H](NC(=O)[C@H](C)NC(=O)[C@@H](N1Cc2ccccc2C1=O)C(C)(C)C)C(=O)C(=O)NC1CC1. The number of hydrogen-bond acceptors (Lipinski definition) is 5. The molecule has 0 radical (unpaired) electrons. The van der Waals surface area contributed by atoms with E-state index in [1.807, 2.05) is 32.9 Å². The Hall–Kier alpha value is -3.23. The highest BCUT2D eigenvalue weighted by atomic mass is 16.2. The topological polar surface area (TPSA) is 125 Å². The first-order chi connectivity index (χ1) is 16.3. The van der Waals surface area contributed by atoms with E-state index in [2.05, 4.69) is 16.0 Å². The van der Waals surface area contributed by atoms with E-state index >= 15 is 0 Å². The monoisotopic (exact) mass is 484 g/mol. The van der Waals surface area contributed by atoms with Crippen LogP contribution in [0.4, 0.5) is 0 Å². The molecule has 190 valence electrons. The van der Waals surface area contributed by atoms with E-state index < -0.39 is 47.0 Å². The molecule has 4 amide bonds. The lowest BCUT2D eigenvalue weighted by molar-refractivity contribution is -0.141. The number of nitrogens with zero attached hydrogens (tertiary/aromatic N) is 1. The molecule has 0 saturated heterocycles. The normalized spacial score (nSPS) is 17.9. The summed E-state index contributed by atoms with van der Waals surface area (Å²) >= 11 is 0. The Labute approximate surface area is 206 Å². The number of carbonyl (C=O) groups is 5. The van der Waals surface area contributed by atoms with Crippen molar-refractivity contribution in [2.45, 2.75) is 85.1 Å². The predicted octanol–water partition coefficient (Wildman–Crippen LogP) is 1.55. The quantitative estimate of drug-likeness (QED) is 0.459. The minimum atomic E-state index is -1.01. The van der Waals surface area contributed by atoms with Crippen molar-refractivity contribution in [3.63, 3.8) is 0 Å². The molecule has 2 aliphatic rings. The summed E-state index contributed by atoms with van der Waals surface area (Å²) in [5, 5.41) is 7.98. The molecule has 1 fully saturated rings. The average Bonchev–Trinajstić information content (AvgIpc) is 3.53. The van der Waals surface area contributed by atoms with Crippen molar-refractivity contribution >= 4 is 29.4 Å². The summed E-state index contributed by atoms with van der Waals surface area (Å²) < 4.78 is 0. The van der Waals surface area contributed by atoms with E-state index in [0.717, 1.165) is 18.4 Å². The van der Waals surface area contributed by atoms with E-state index in [0.29, 0.717) is 12.1 Å². The van der Waals surface area contributed by atoms with Crippen LogP contribution in [0.5, 0.6) is 0 Å². The van der Waals surface area contributed by atoms with Gasteiger partial charge >= 0.3 is 0 Å². The lowest BCUT2D eigenvalue weighted by Gasteiger charge is -2.37. The number of amides is 4. The molecule has 1 aromatic rings. The second-order valence-electron chi connectivity index (χ2n) is 10.9. The van der Waals surface area contributed by atoms with Crippen LogP contribution in [0.15, 0.2) is 24.3 Å². The minimum absolute atomic E-state index is 0.0296. The molecule has 3 N–H and O–H groups in total. The lowest BCUT2D eigenvalue weighted by atomic mass is 9.84. The average molecular weight is 485 g/mol. The molecular weight excluding hydrogens is 448 g/mol. The van der Waals surface area contributed by atoms with Crippen molar-refractivity contribution in [3.05, 3.63) is 35.4 Å². The van der Waals surface area contributed by atoms with Crippen LogP contribution in [-0.4, -0.2) is 58.5 Å². The van der Waals surface area contributed by atoms with Crippen LogP contribution in [0.25, 0.3) is 0 Å². The number of nitrogens with one attached hydrogen (secondary N) is 3. The van der Waals surface area contributed by atoms with E-state index in [4.69, 9.17) is 0 Å². The van der Waals surface area contributed by atoms with Gasteiger partial charge in [-0.15, -0.1) is 0 Å². The van der Waals surface area contributed by atoms with Gasteiger partial charge in [-0.3, -0.25) is 24.0 Å². The number of rotatable bonds is 9. The van der Waals surface area contributed by atoms with Crippen LogP contribution < -0.4 is 16.0 Å². The molecule has 1 aliphatic heterocycles. The summed E-state index contributed by atoms with van der Waals surface area (Å²) in [6.07, 6.45) is 1.70. The van der Waals surface area contributed by atoms with Crippen LogP contribution in [0.3, 0.4) is 0 Å². The number of fused-ring (bicyclic) bond motifs is 1. The number of benzene rings is 1. The van der Waals surface area contributed by atoms with Gasteiger partial charge in [-0.1, -0.05) is 52.8 Å². The molecule has 9 heteroatoms. The maximum atomic E-state index is 13.4. The molecule has 35 heavy (non-hydrogen) atoms. The zero-order valence-corrected chi connectivity index (χ0v) is 21.3. The second kappa shape index (κ2) is 10.2. The fourth-order valence-corrected chi connectivity index (χ4v) is 4.28. The highest BCUT2D eigenvalue weighted by Crippen LogP contribution is 2.32. The highest BCUT2D eigenvalue weighted by molar-refractivity contribution is 6.38. The van der Waals surface area contributed by atoms with Crippen molar-refractivity contribution in [2.24, 2.45) is 11.3 Å². The molecule has 0 unspecified atom stereocenters. The first-order valence-corrected chi connectivity index (χ1v) is 12.2. The standard InChI is InChI=1S/C26H36N4O5/c1-14(2)19(20(31)23(33)28-17-11-12-17)29-22(32)15(3)27-24(34)21(26(4,5)6)30-13-16-9-7-8-10-18(16)25(30)35/h7-10,14-15,17,19,21H,11-13H2,1-6H3,(H,27,34)(H,28,33)(H,29,32)/t15-,19-,21+/m0/s1. The van der Waals surface area contributed by atoms with Gasteiger partial charge < -0.3 is 20.9 Å². The molecule has 1 aromatic carbocycles. The van der Waals surface area contributed by atoms with Crippen LogP contribution in [0.2, 0.25) is 0 Å². The molecule has 9 nitrogen and oxygen atoms in total. The van der Waals surface area contributed by atoms with Crippen LogP contribution in [-0.2, 0) is 25.7 Å². The molecule has 1 aliphatic carbocycles. The summed E-state index contributed by atoms with van der Waals surface area (Å²) in [5.74, 6) is -2.98. The summed E-state index contributed by atoms with van der Waals surface area (Å²) in [6.45, 7) is 10.9. The van der Waals surface area contributed by atoms with E-state index in [9.17, 15) is 24.0 Å². The Morgan fingerprint density at radius 2 is 1.60 bits per heavy atom. The summed E-state index contributed by atoms with van der Waals surface area (Å²) in [7, 11) is 0. The third-order valence-electron chi connectivity index (χ3n) is 6.36. The Kier molecular flexibility index (Phi) is 7.67. The molecular formula is C26H36N4O5. The summed E-state index contributed by atoms with van der Waals surface area (Å²) in [5.41, 5.74) is 0.825. The Morgan fingerprint density at radius 3 is 2.14 bits per heavy atom. The fourth-order valence-electron chi connectivity index (χ4n) is 4.28. The molecule has 0 aromatic heterocycles. The van der Waals surface area contributed by atoms with Crippen LogP contribution >= 0.6 is 0 Å². The highest BCUT2D eigenvalue weighted by Gasteiger charge is 2.43. The van der Waals surface area contributed by atoms with Crippen LogP contribution in [0.1, 0.15) is 70.3 Å². The minimum Gasteiger partial charge on any atom is -0.347 e. The third kappa shape index (κ3) is 6.07. The van der Waals surface area contributed by atoms with Gasteiger partial charge in [0.2, 0.25) is 17.6 Å². The third-order valence-corrected chi connectivity index (χ3v) is 6.36. The van der Waals surface area contributed by atoms with Gasteiger partial charge in [0, 0.05) is 18.2 Å². The first-order valence-electron chi connectivity index (χ1n) is 12.2. The lowest BCUT2D eigenvalue weighted by Crippen LogP contribution is -2.59. The molecule has 1 saturated carbocycles. The molecule has 3 atom stereocenters. The summed E-state index contributed by atoms with van der Waals surface area (Å²) in [4.78, 5) is 65.7. The zero-order chi connectivity index (χ0) is 26.1. The van der Waals surface area contributed by atoms with Gasteiger partial charge in [-0.2, -0.15) is 0 Å². The molecule has 0 bridgehead atoms. The van der Waals surface area contributed by atoms with Crippen molar-refractivity contribution < 1.29 is 24.0 Å². The number of carbonyl (C=O) groups excluding carboxylic acids is 5. The van der Waals surface area contributed by atoms with Gasteiger partial charge in [-0.05, 0) is 42.7 Å². The predicted molar refractivity (Wildman–Crippen MR) is 130 cm³/mol. The van der Waals surface area contributed by atoms with E-state index in [1.165, 1.54) is 11.8 Å². The summed E-state index contributed by atoms with van der Waals surface area (Å²) in [6, 6.07) is 4.48. The maximum Gasteiger partial charge on any atom is 0.289 e. The molecule has 0 spiro atoms. The van der Waals surface area contributed by atoms with E-state index in [1.54, 1.807) is 26.0 Å². The Balaban J connectivity index is 1.68. The van der Waals surface area contributed by atoms with Crippen molar-refractivity contribution in [3.8, 4) is 0 Å². The van der Waals surface area contributed by atoms with Gasteiger partial charge in [0.05, 0.1) is 6.04 Å². The largest absolute Gasteiger partial charge is 0.347 e. The van der Waals surface area contributed by atoms with Crippen molar-refractivity contribution in [2.75, 3.05) is 0 Å². The van der Waals surface area contributed by atoms with Crippen molar-refractivity contribution in [1.82, 2.24) is 20.9 Å². The van der Waals surface area contributed by atoms with Crippen molar-refractivity contribution in [1.29, 1.82) is 0 Å². The maximum absolute atomic E-state index is 13.4. The number of Topliss-reactive ketones (excluding diaryl/α,β-unsaturated/α-hetero) is 1. The van der Waals surface area contributed by atoms with Gasteiger partial charge in [0.15, 0.2) is 0 Å². The fraction of sp³-hybridized carbons (Fsp3) is 0.577. The van der Waals surface area contributed by atoms with Crippen LogP contribution in [0, 0.1) is 11.3 Å². The number of hydrogen-bond donors (Lipinski definition) is 3. The van der Waals surface area contributed by atoms with E-state index in [-0.39, 0.29) is 17.9 Å². The van der Waals surface area contributed by atoms with Gasteiger partial charge in [0.1, 0.15) is 12.1 Å². The second-order valence-corrected chi connectivity index (χ2v) is 10.9. The van der Waals surface area contributed by atoms with Gasteiger partial charge in [-0.25, -0.2) is 0 Å². The Bertz CT molecular complexity index is 1020.